The molecule has 0 saturated carbocycles. The zero-order chi connectivity index (χ0) is 29.3. The maximum absolute atomic E-state index is 13.8. The molecule has 5 rings (SSSR count). The number of hydrogen-bond acceptors (Lipinski definition) is 6. The van der Waals surface area contributed by atoms with Crippen molar-refractivity contribution >= 4 is 34.6 Å². The van der Waals surface area contributed by atoms with Crippen molar-refractivity contribution in [1.82, 2.24) is 24.1 Å². The van der Waals surface area contributed by atoms with Gasteiger partial charge in [0.05, 0.1) is 17.7 Å². The number of anilines is 1. The van der Waals surface area contributed by atoms with E-state index in [0.29, 0.717) is 49.6 Å². The number of amides is 2. The number of aromatic nitrogens is 4. The van der Waals surface area contributed by atoms with Gasteiger partial charge < -0.3 is 19.5 Å². The zero-order valence-electron chi connectivity index (χ0n) is 22.6. The second-order valence-electron chi connectivity index (χ2n) is 9.84. The molecule has 2 aliphatic heterocycles. The van der Waals surface area contributed by atoms with Gasteiger partial charge in [0.2, 0.25) is 23.4 Å². The Kier molecular flexibility index (Phi) is 7.70. The average Bonchev–Trinajstić information content (AvgIpc) is 3.41. The second kappa shape index (κ2) is 11.2. The van der Waals surface area contributed by atoms with E-state index in [1.54, 1.807) is 9.47 Å². The fourth-order valence-corrected chi connectivity index (χ4v) is 5.04. The average molecular weight is 571 g/mol. The lowest BCUT2D eigenvalue weighted by atomic mass is 9.97. The molecule has 1 aromatic carbocycles. The molecule has 2 amide bonds. The SMILES string of the molecule is CCc1c(C2=CCN(C(C)=O)CC2)c(=O)n2nc(C3=CCCCO3)nc2n1CC(=O)Nc1ccc(C(F)(F)F)cc1. The molecule has 3 aromatic rings. The minimum atomic E-state index is -4.49. The van der Waals surface area contributed by atoms with Crippen molar-refractivity contribution in [2.45, 2.75) is 52.3 Å². The van der Waals surface area contributed by atoms with E-state index in [4.69, 9.17) is 4.74 Å². The summed E-state index contributed by atoms with van der Waals surface area (Å²) >= 11 is 0. The predicted octanol–water partition coefficient (Wildman–Crippen LogP) is 3.90. The Balaban J connectivity index is 1.57. The van der Waals surface area contributed by atoms with Gasteiger partial charge in [-0.2, -0.15) is 22.7 Å². The van der Waals surface area contributed by atoms with Crippen LogP contribution in [0.1, 0.15) is 55.8 Å². The van der Waals surface area contributed by atoms with Gasteiger partial charge in [0.15, 0.2) is 5.76 Å². The summed E-state index contributed by atoms with van der Waals surface area (Å²) in [7, 11) is 0. The fraction of sp³-hybridized carbons (Fsp3) is 0.393. The van der Waals surface area contributed by atoms with Gasteiger partial charge in [0.1, 0.15) is 6.54 Å². The van der Waals surface area contributed by atoms with Gasteiger partial charge in [-0.25, -0.2) is 0 Å². The quantitative estimate of drug-likeness (QED) is 0.482. The first-order valence-corrected chi connectivity index (χ1v) is 13.3. The molecule has 4 heterocycles. The lowest BCUT2D eigenvalue weighted by molar-refractivity contribution is -0.137. The number of nitrogens with one attached hydrogen (secondary N) is 1. The summed E-state index contributed by atoms with van der Waals surface area (Å²) in [5.41, 5.74) is 0.670. The molecule has 0 bridgehead atoms. The number of alkyl halides is 3. The van der Waals surface area contributed by atoms with Crippen molar-refractivity contribution in [3.05, 3.63) is 69.4 Å². The van der Waals surface area contributed by atoms with Crippen LogP contribution in [0.4, 0.5) is 18.9 Å². The van der Waals surface area contributed by atoms with Crippen LogP contribution in [-0.2, 0) is 33.5 Å². The van der Waals surface area contributed by atoms with Crippen molar-refractivity contribution in [1.29, 1.82) is 0 Å². The van der Waals surface area contributed by atoms with Crippen LogP contribution in [0.3, 0.4) is 0 Å². The Morgan fingerprint density at radius 1 is 1.15 bits per heavy atom. The summed E-state index contributed by atoms with van der Waals surface area (Å²) in [6.07, 6.45) is 1.65. The van der Waals surface area contributed by atoms with E-state index in [9.17, 15) is 27.6 Å². The summed E-state index contributed by atoms with van der Waals surface area (Å²) in [5, 5.41) is 7.07. The summed E-state index contributed by atoms with van der Waals surface area (Å²) in [6, 6.07) is 4.16. The van der Waals surface area contributed by atoms with Crippen LogP contribution >= 0.6 is 0 Å². The number of halogens is 3. The van der Waals surface area contributed by atoms with E-state index in [2.05, 4.69) is 15.4 Å². The monoisotopic (exact) mass is 570 g/mol. The van der Waals surface area contributed by atoms with Crippen LogP contribution in [0, 0.1) is 0 Å². The van der Waals surface area contributed by atoms with Gasteiger partial charge in [-0.05, 0) is 61.6 Å². The molecule has 10 nitrogen and oxygen atoms in total. The molecular formula is C28H29F3N6O4. The number of carbonyl (C=O) groups excluding carboxylic acids is 2. The van der Waals surface area contributed by atoms with Crippen LogP contribution in [0.15, 0.2) is 41.2 Å². The summed E-state index contributed by atoms with van der Waals surface area (Å²) < 4.78 is 47.3. The van der Waals surface area contributed by atoms with E-state index < -0.39 is 23.2 Å². The fourth-order valence-electron chi connectivity index (χ4n) is 5.04. The first-order chi connectivity index (χ1) is 19.6. The van der Waals surface area contributed by atoms with Crippen LogP contribution < -0.4 is 10.9 Å². The Bertz CT molecular complexity index is 1620. The molecular weight excluding hydrogens is 541 g/mol. The maximum Gasteiger partial charge on any atom is 0.416 e. The van der Waals surface area contributed by atoms with Gasteiger partial charge in [0.25, 0.3) is 5.56 Å². The van der Waals surface area contributed by atoms with E-state index in [1.165, 1.54) is 19.1 Å². The number of ether oxygens (including phenoxy) is 1. The largest absolute Gasteiger partial charge is 0.490 e. The first kappa shape index (κ1) is 28.1. The van der Waals surface area contributed by atoms with E-state index in [1.807, 2.05) is 19.1 Å². The topological polar surface area (TPSA) is 111 Å². The minimum Gasteiger partial charge on any atom is -0.490 e. The highest BCUT2D eigenvalue weighted by Gasteiger charge is 2.30. The van der Waals surface area contributed by atoms with Crippen molar-refractivity contribution in [3.8, 4) is 0 Å². The Hall–Kier alpha value is -4.42. The summed E-state index contributed by atoms with van der Waals surface area (Å²) in [4.78, 5) is 45.1. The molecule has 0 fully saturated rings. The zero-order valence-corrected chi connectivity index (χ0v) is 22.6. The molecule has 2 aromatic heterocycles. The predicted molar refractivity (Wildman–Crippen MR) is 145 cm³/mol. The molecule has 0 unspecified atom stereocenters. The summed E-state index contributed by atoms with van der Waals surface area (Å²) in [6.45, 7) is 4.36. The Labute approximate surface area is 233 Å². The maximum atomic E-state index is 13.8. The molecule has 2 aliphatic rings. The Morgan fingerprint density at radius 2 is 1.90 bits per heavy atom. The van der Waals surface area contributed by atoms with E-state index >= 15 is 0 Å². The van der Waals surface area contributed by atoms with Crippen molar-refractivity contribution in [2.24, 2.45) is 0 Å². The highest BCUT2D eigenvalue weighted by atomic mass is 19.4. The van der Waals surface area contributed by atoms with Gasteiger partial charge in [-0.3, -0.25) is 14.4 Å². The highest BCUT2D eigenvalue weighted by molar-refractivity contribution is 5.91. The van der Waals surface area contributed by atoms with Gasteiger partial charge in [-0.1, -0.05) is 13.0 Å². The first-order valence-electron chi connectivity index (χ1n) is 13.3. The standard InChI is InChI=1S/C28H29F3N6O4/c1-3-21-24(18-11-13-35(14-12-18)17(2)38)26(40)37-27(33-25(34-37)22-6-4-5-15-41-22)36(21)16-23(39)32-20-9-7-19(8-10-20)28(29,30)31/h6-11H,3-5,12-16H2,1-2H3,(H,32,39). The number of allylic oxidation sites excluding steroid dienone is 1. The lowest BCUT2D eigenvalue weighted by Crippen LogP contribution is -2.35. The van der Waals surface area contributed by atoms with Crippen LogP contribution in [0.5, 0.6) is 0 Å². The molecule has 1 N–H and O–H groups in total. The number of carbonyl (C=O) groups is 2. The second-order valence-corrected chi connectivity index (χ2v) is 9.84. The molecule has 41 heavy (non-hydrogen) atoms. The molecule has 216 valence electrons. The number of rotatable bonds is 6. The molecule has 0 atom stereocenters. The summed E-state index contributed by atoms with van der Waals surface area (Å²) in [5.74, 6) is 0.233. The molecule has 13 heteroatoms. The molecule has 0 saturated heterocycles. The number of hydrogen-bond donors (Lipinski definition) is 1. The minimum absolute atomic E-state index is 0.0644. The molecule has 0 spiro atoms. The van der Waals surface area contributed by atoms with Crippen LogP contribution in [-0.4, -0.2) is 55.6 Å². The smallest absolute Gasteiger partial charge is 0.416 e. The van der Waals surface area contributed by atoms with Gasteiger partial charge in [0, 0.05) is 31.4 Å². The molecule has 0 aliphatic carbocycles. The Morgan fingerprint density at radius 3 is 2.49 bits per heavy atom. The van der Waals surface area contributed by atoms with Gasteiger partial charge in [-0.15, -0.1) is 5.10 Å². The number of benzene rings is 1. The molecule has 0 radical (unpaired) electrons. The third-order valence-electron chi connectivity index (χ3n) is 7.12. The normalized spacial score (nSPS) is 15.8. The van der Waals surface area contributed by atoms with Crippen LogP contribution in [0.25, 0.3) is 17.1 Å². The van der Waals surface area contributed by atoms with Gasteiger partial charge >= 0.3 is 6.18 Å². The highest BCUT2D eigenvalue weighted by Crippen LogP contribution is 2.30. The lowest BCUT2D eigenvalue weighted by Gasteiger charge is -2.26. The van der Waals surface area contributed by atoms with E-state index in [0.717, 1.165) is 35.1 Å². The number of nitrogens with zero attached hydrogens (tertiary/aromatic N) is 5. The van der Waals surface area contributed by atoms with Crippen molar-refractivity contribution < 1.29 is 27.5 Å². The third kappa shape index (κ3) is 5.74. The number of fused-ring (bicyclic) bond motifs is 1. The van der Waals surface area contributed by atoms with E-state index in [-0.39, 0.29) is 29.7 Å². The van der Waals surface area contributed by atoms with Crippen molar-refractivity contribution in [3.63, 3.8) is 0 Å². The van der Waals surface area contributed by atoms with Crippen molar-refractivity contribution in [2.75, 3.05) is 25.0 Å². The van der Waals surface area contributed by atoms with Crippen LogP contribution in [0.2, 0.25) is 0 Å². The third-order valence-corrected chi connectivity index (χ3v) is 7.12.